The zero-order valence-electron chi connectivity index (χ0n) is 7.97. The van der Waals surface area contributed by atoms with Crippen LogP contribution in [0.2, 0.25) is 0 Å². The summed E-state index contributed by atoms with van der Waals surface area (Å²) < 4.78 is 11.4. The second-order valence-corrected chi connectivity index (χ2v) is 5.84. The summed E-state index contributed by atoms with van der Waals surface area (Å²) in [5.41, 5.74) is 1.06. The summed E-state index contributed by atoms with van der Waals surface area (Å²) in [7, 11) is -3.11. The van der Waals surface area contributed by atoms with E-state index in [2.05, 4.69) is 0 Å². The number of aryl methyl sites for hydroxylation is 1. The van der Waals surface area contributed by atoms with Crippen molar-refractivity contribution in [3.8, 4) is 0 Å². The van der Waals surface area contributed by atoms with Crippen molar-refractivity contribution in [1.82, 2.24) is 0 Å². The van der Waals surface area contributed by atoms with Crippen molar-refractivity contribution in [2.45, 2.75) is 6.42 Å². The molecule has 0 aliphatic heterocycles. The van der Waals surface area contributed by atoms with E-state index < -0.39 is 7.37 Å². The Labute approximate surface area is 83.9 Å². The lowest BCUT2D eigenvalue weighted by molar-refractivity contribution is 0.314. The van der Waals surface area contributed by atoms with Gasteiger partial charge in [-0.25, -0.2) is 0 Å². The molecule has 0 saturated carbocycles. The predicted octanol–water partition coefficient (Wildman–Crippen LogP) is 1.49. The molecule has 14 heavy (non-hydrogen) atoms. The lowest BCUT2D eigenvalue weighted by Crippen LogP contribution is -2.01. The molecule has 0 heterocycles. The van der Waals surface area contributed by atoms with Crippen LogP contribution in [0, 0.1) is 0 Å². The molecule has 1 aromatic rings. The molecule has 1 aromatic carbocycles. The van der Waals surface area contributed by atoms with Gasteiger partial charge in [0.1, 0.15) is 0 Å². The van der Waals surface area contributed by atoms with E-state index in [9.17, 15) is 9.46 Å². The zero-order chi connectivity index (χ0) is 10.4. The number of benzene rings is 1. The Morgan fingerprint density at radius 3 is 2.36 bits per heavy atom. The number of aliphatic hydroxyl groups is 1. The molecule has 0 fully saturated rings. The van der Waals surface area contributed by atoms with Gasteiger partial charge >= 0.3 is 0 Å². The average Bonchev–Trinajstić information content (AvgIpc) is 2.17. The van der Waals surface area contributed by atoms with Gasteiger partial charge in [-0.3, -0.25) is 4.57 Å². The molecule has 0 saturated heterocycles. The lowest BCUT2D eigenvalue weighted by Gasteiger charge is -2.09. The molecular weight excluding hydrogens is 199 g/mol. The molecule has 1 unspecified atom stereocenters. The minimum atomic E-state index is -3.11. The highest BCUT2D eigenvalue weighted by Crippen LogP contribution is 2.40. The Kier molecular flexibility index (Phi) is 4.33. The van der Waals surface area contributed by atoms with Gasteiger partial charge in [0.2, 0.25) is 7.37 Å². The van der Waals surface area contributed by atoms with E-state index in [-0.39, 0.29) is 18.9 Å². The Balaban J connectivity index is 2.45. The summed E-state index contributed by atoms with van der Waals surface area (Å²) in [4.78, 5) is 9.37. The van der Waals surface area contributed by atoms with E-state index >= 15 is 0 Å². The molecular formula is C10H15O3P. The van der Waals surface area contributed by atoms with Crippen molar-refractivity contribution in [2.75, 3.05) is 18.9 Å². The van der Waals surface area contributed by atoms with E-state index in [1.165, 1.54) is 0 Å². The maximum absolute atomic E-state index is 11.4. The van der Waals surface area contributed by atoms with Gasteiger partial charge in [0.05, 0.1) is 6.61 Å². The maximum atomic E-state index is 11.4. The van der Waals surface area contributed by atoms with Crippen molar-refractivity contribution in [3.05, 3.63) is 35.9 Å². The molecule has 0 aromatic heterocycles. The first kappa shape index (κ1) is 11.4. The van der Waals surface area contributed by atoms with E-state index in [0.29, 0.717) is 6.42 Å². The molecule has 0 aliphatic rings. The molecule has 0 aliphatic carbocycles. The van der Waals surface area contributed by atoms with E-state index in [1.54, 1.807) is 0 Å². The van der Waals surface area contributed by atoms with Crippen LogP contribution in [0.15, 0.2) is 30.3 Å². The van der Waals surface area contributed by atoms with Crippen LogP contribution in [0.3, 0.4) is 0 Å². The fraction of sp³-hybridized carbons (Fsp3) is 0.400. The summed E-state index contributed by atoms with van der Waals surface area (Å²) in [5, 5.41) is 8.57. The smallest absolute Gasteiger partial charge is 0.203 e. The first-order valence-corrected chi connectivity index (χ1v) is 6.63. The van der Waals surface area contributed by atoms with Crippen molar-refractivity contribution >= 4 is 7.37 Å². The number of hydrogen-bond donors (Lipinski definition) is 2. The van der Waals surface area contributed by atoms with Gasteiger partial charge in [-0.15, -0.1) is 0 Å². The Morgan fingerprint density at radius 1 is 1.14 bits per heavy atom. The first-order valence-electron chi connectivity index (χ1n) is 4.60. The van der Waals surface area contributed by atoms with Gasteiger partial charge in [0.25, 0.3) is 0 Å². The summed E-state index contributed by atoms with van der Waals surface area (Å²) >= 11 is 0. The van der Waals surface area contributed by atoms with Crippen LogP contribution in [0.25, 0.3) is 0 Å². The standard InChI is InChI=1S/C10H15O3P/c11-7-9-14(12,13)8-6-10-4-2-1-3-5-10/h1-5,11H,6-9H2,(H,12,13). The summed E-state index contributed by atoms with van der Waals surface area (Å²) in [6.45, 7) is -0.220. The highest BCUT2D eigenvalue weighted by atomic mass is 31.2. The van der Waals surface area contributed by atoms with Crippen molar-refractivity contribution in [2.24, 2.45) is 0 Å². The third kappa shape index (κ3) is 4.05. The van der Waals surface area contributed by atoms with Gasteiger partial charge in [0, 0.05) is 12.3 Å². The van der Waals surface area contributed by atoms with Crippen molar-refractivity contribution in [1.29, 1.82) is 0 Å². The predicted molar refractivity (Wildman–Crippen MR) is 56.8 cm³/mol. The molecule has 3 nitrogen and oxygen atoms in total. The Bertz CT molecular complexity index is 310. The first-order chi connectivity index (χ1) is 6.64. The maximum Gasteiger partial charge on any atom is 0.203 e. The number of rotatable bonds is 5. The second-order valence-electron chi connectivity index (χ2n) is 3.25. The average molecular weight is 214 g/mol. The molecule has 0 bridgehead atoms. The van der Waals surface area contributed by atoms with Crippen LogP contribution < -0.4 is 0 Å². The Hall–Kier alpha value is -0.630. The van der Waals surface area contributed by atoms with Gasteiger partial charge < -0.3 is 10.00 Å². The van der Waals surface area contributed by atoms with Crippen LogP contribution in [-0.4, -0.2) is 28.9 Å². The summed E-state index contributed by atoms with van der Waals surface area (Å²) in [6, 6.07) is 9.58. The topological polar surface area (TPSA) is 57.5 Å². The molecule has 0 spiro atoms. The number of aliphatic hydroxyl groups excluding tert-OH is 1. The monoisotopic (exact) mass is 214 g/mol. The van der Waals surface area contributed by atoms with Crippen LogP contribution in [-0.2, 0) is 11.0 Å². The van der Waals surface area contributed by atoms with E-state index in [1.807, 2.05) is 30.3 Å². The quantitative estimate of drug-likeness (QED) is 0.730. The fourth-order valence-corrected chi connectivity index (χ4v) is 2.36. The van der Waals surface area contributed by atoms with Gasteiger partial charge in [0.15, 0.2) is 0 Å². The van der Waals surface area contributed by atoms with E-state index in [0.717, 1.165) is 5.56 Å². The summed E-state index contributed by atoms with van der Waals surface area (Å²) in [6.07, 6.45) is 0.839. The summed E-state index contributed by atoms with van der Waals surface area (Å²) in [5.74, 6) is 0. The zero-order valence-corrected chi connectivity index (χ0v) is 8.86. The van der Waals surface area contributed by atoms with Crippen LogP contribution in [0.4, 0.5) is 0 Å². The molecule has 0 radical (unpaired) electrons. The van der Waals surface area contributed by atoms with Crippen LogP contribution >= 0.6 is 7.37 Å². The normalized spacial score (nSPS) is 15.0. The third-order valence-electron chi connectivity index (χ3n) is 2.04. The lowest BCUT2D eigenvalue weighted by atomic mass is 10.2. The van der Waals surface area contributed by atoms with Gasteiger partial charge in [-0.2, -0.15) is 0 Å². The fourth-order valence-electron chi connectivity index (χ4n) is 1.22. The highest BCUT2D eigenvalue weighted by Gasteiger charge is 2.16. The molecule has 1 atom stereocenters. The largest absolute Gasteiger partial charge is 0.396 e. The second kappa shape index (κ2) is 5.30. The number of hydrogen-bond acceptors (Lipinski definition) is 2. The van der Waals surface area contributed by atoms with Crippen molar-refractivity contribution in [3.63, 3.8) is 0 Å². The van der Waals surface area contributed by atoms with Crippen LogP contribution in [0.5, 0.6) is 0 Å². The third-order valence-corrected chi connectivity index (χ3v) is 3.86. The molecule has 78 valence electrons. The molecule has 1 rings (SSSR count). The SMILES string of the molecule is O=P(O)(CCO)CCc1ccccc1. The van der Waals surface area contributed by atoms with Crippen LogP contribution in [0.1, 0.15) is 5.56 Å². The minimum Gasteiger partial charge on any atom is -0.396 e. The highest BCUT2D eigenvalue weighted by molar-refractivity contribution is 7.58. The molecule has 4 heteroatoms. The minimum absolute atomic E-state index is 0.000165. The van der Waals surface area contributed by atoms with Gasteiger partial charge in [-0.05, 0) is 12.0 Å². The van der Waals surface area contributed by atoms with Crippen molar-refractivity contribution < 1.29 is 14.6 Å². The van der Waals surface area contributed by atoms with Gasteiger partial charge in [-0.1, -0.05) is 30.3 Å². The molecule has 2 N–H and O–H groups in total. The Morgan fingerprint density at radius 2 is 1.79 bits per heavy atom. The molecule has 0 amide bonds. The van der Waals surface area contributed by atoms with E-state index in [4.69, 9.17) is 5.11 Å².